The SMILES string of the molecule is CN(CCc1ccccc1)CCN1CCCCC1. The molecule has 0 amide bonds. The Balaban J connectivity index is 1.61. The van der Waals surface area contributed by atoms with Crippen LogP contribution in [-0.4, -0.2) is 49.6 Å². The van der Waals surface area contributed by atoms with E-state index in [-0.39, 0.29) is 0 Å². The average Bonchev–Trinajstić information content (AvgIpc) is 2.45. The predicted octanol–water partition coefficient (Wildman–Crippen LogP) is 2.65. The Morgan fingerprint density at radius 2 is 1.72 bits per heavy atom. The van der Waals surface area contributed by atoms with E-state index < -0.39 is 0 Å². The van der Waals surface area contributed by atoms with Gasteiger partial charge >= 0.3 is 0 Å². The van der Waals surface area contributed by atoms with Gasteiger partial charge in [-0.1, -0.05) is 36.8 Å². The lowest BCUT2D eigenvalue weighted by Gasteiger charge is -2.28. The highest BCUT2D eigenvalue weighted by molar-refractivity contribution is 5.14. The van der Waals surface area contributed by atoms with Gasteiger partial charge in [-0.15, -0.1) is 0 Å². The van der Waals surface area contributed by atoms with Gasteiger partial charge in [0.15, 0.2) is 0 Å². The fourth-order valence-electron chi connectivity index (χ4n) is 2.57. The zero-order valence-corrected chi connectivity index (χ0v) is 11.6. The van der Waals surface area contributed by atoms with E-state index in [1.807, 2.05) is 0 Å². The summed E-state index contributed by atoms with van der Waals surface area (Å²) in [6, 6.07) is 10.8. The summed E-state index contributed by atoms with van der Waals surface area (Å²) in [5.74, 6) is 0. The highest BCUT2D eigenvalue weighted by atomic mass is 15.2. The molecule has 2 heteroatoms. The maximum absolute atomic E-state index is 2.61. The lowest BCUT2D eigenvalue weighted by Crippen LogP contribution is -2.37. The van der Waals surface area contributed by atoms with Gasteiger partial charge in [0.25, 0.3) is 0 Å². The first-order valence-electron chi connectivity index (χ1n) is 7.29. The van der Waals surface area contributed by atoms with Crippen molar-refractivity contribution in [1.29, 1.82) is 0 Å². The van der Waals surface area contributed by atoms with Crippen molar-refractivity contribution in [1.82, 2.24) is 9.80 Å². The first-order chi connectivity index (χ1) is 8.84. The molecule has 0 spiro atoms. The van der Waals surface area contributed by atoms with Crippen LogP contribution in [0.2, 0.25) is 0 Å². The Morgan fingerprint density at radius 3 is 2.44 bits per heavy atom. The normalized spacial score (nSPS) is 17.2. The van der Waals surface area contributed by atoms with Crippen LogP contribution in [0.25, 0.3) is 0 Å². The second-order valence-electron chi connectivity index (χ2n) is 5.44. The minimum absolute atomic E-state index is 1.16. The number of hydrogen-bond donors (Lipinski definition) is 0. The Morgan fingerprint density at radius 1 is 1.00 bits per heavy atom. The molecule has 0 saturated carbocycles. The number of piperidine rings is 1. The molecule has 0 atom stereocenters. The number of benzene rings is 1. The lowest BCUT2D eigenvalue weighted by molar-refractivity contribution is 0.197. The minimum atomic E-state index is 1.16. The van der Waals surface area contributed by atoms with Crippen molar-refractivity contribution in [2.24, 2.45) is 0 Å². The smallest absolute Gasteiger partial charge is 0.0109 e. The van der Waals surface area contributed by atoms with Crippen LogP contribution in [0.4, 0.5) is 0 Å². The molecule has 1 saturated heterocycles. The van der Waals surface area contributed by atoms with E-state index in [0.717, 1.165) is 13.0 Å². The van der Waals surface area contributed by atoms with Crippen LogP contribution in [0.3, 0.4) is 0 Å². The molecule has 1 heterocycles. The van der Waals surface area contributed by atoms with Crippen molar-refractivity contribution < 1.29 is 0 Å². The van der Waals surface area contributed by atoms with Crippen LogP contribution in [0.1, 0.15) is 24.8 Å². The summed E-state index contributed by atoms with van der Waals surface area (Å²) in [4.78, 5) is 5.07. The van der Waals surface area contributed by atoms with Gasteiger partial charge in [0.2, 0.25) is 0 Å². The molecule has 0 unspecified atom stereocenters. The minimum Gasteiger partial charge on any atom is -0.305 e. The number of likely N-dealkylation sites (N-methyl/N-ethyl adjacent to an activating group) is 1. The van der Waals surface area contributed by atoms with Crippen molar-refractivity contribution in [2.45, 2.75) is 25.7 Å². The van der Waals surface area contributed by atoms with E-state index in [0.29, 0.717) is 0 Å². The van der Waals surface area contributed by atoms with E-state index in [1.165, 1.54) is 51.0 Å². The molecule has 2 nitrogen and oxygen atoms in total. The average molecular weight is 246 g/mol. The summed E-state index contributed by atoms with van der Waals surface area (Å²) in [6.07, 6.45) is 5.39. The zero-order chi connectivity index (χ0) is 12.6. The summed E-state index contributed by atoms with van der Waals surface area (Å²) in [5.41, 5.74) is 1.45. The van der Waals surface area contributed by atoms with Gasteiger partial charge in [-0.3, -0.25) is 0 Å². The van der Waals surface area contributed by atoms with Crippen molar-refractivity contribution in [3.05, 3.63) is 35.9 Å². The topological polar surface area (TPSA) is 6.48 Å². The molecule has 0 bridgehead atoms. The van der Waals surface area contributed by atoms with Gasteiger partial charge in [0, 0.05) is 19.6 Å². The van der Waals surface area contributed by atoms with Crippen LogP contribution in [0.15, 0.2) is 30.3 Å². The molecule has 100 valence electrons. The Hall–Kier alpha value is -0.860. The van der Waals surface area contributed by atoms with E-state index in [4.69, 9.17) is 0 Å². The number of rotatable bonds is 6. The third kappa shape index (κ3) is 4.79. The molecule has 1 aliphatic rings. The van der Waals surface area contributed by atoms with Crippen LogP contribution >= 0.6 is 0 Å². The lowest BCUT2D eigenvalue weighted by atomic mass is 10.1. The molecular weight excluding hydrogens is 220 g/mol. The van der Waals surface area contributed by atoms with Gasteiger partial charge in [0.05, 0.1) is 0 Å². The monoisotopic (exact) mass is 246 g/mol. The van der Waals surface area contributed by atoms with Crippen molar-refractivity contribution in [3.63, 3.8) is 0 Å². The third-order valence-electron chi connectivity index (χ3n) is 3.87. The van der Waals surface area contributed by atoms with Crippen LogP contribution in [0.5, 0.6) is 0 Å². The van der Waals surface area contributed by atoms with Gasteiger partial charge in [-0.05, 0) is 45.0 Å². The van der Waals surface area contributed by atoms with Gasteiger partial charge in [-0.25, -0.2) is 0 Å². The standard InChI is InChI=1S/C16H26N2/c1-17(13-10-16-8-4-2-5-9-16)14-15-18-11-6-3-7-12-18/h2,4-5,8-9H,3,6-7,10-15H2,1H3. The molecular formula is C16H26N2. The van der Waals surface area contributed by atoms with Crippen LogP contribution in [-0.2, 0) is 6.42 Å². The maximum Gasteiger partial charge on any atom is 0.0109 e. The molecule has 2 rings (SSSR count). The van der Waals surface area contributed by atoms with Crippen LogP contribution < -0.4 is 0 Å². The zero-order valence-electron chi connectivity index (χ0n) is 11.6. The molecule has 0 radical (unpaired) electrons. The van der Waals surface area contributed by atoms with Crippen molar-refractivity contribution >= 4 is 0 Å². The van der Waals surface area contributed by atoms with E-state index in [1.54, 1.807) is 0 Å². The fraction of sp³-hybridized carbons (Fsp3) is 0.625. The van der Waals surface area contributed by atoms with Crippen molar-refractivity contribution in [2.75, 3.05) is 39.8 Å². The van der Waals surface area contributed by atoms with Gasteiger partial charge < -0.3 is 9.80 Å². The quantitative estimate of drug-likeness (QED) is 0.761. The van der Waals surface area contributed by atoms with Gasteiger partial charge in [-0.2, -0.15) is 0 Å². The molecule has 0 aliphatic carbocycles. The number of nitrogens with zero attached hydrogens (tertiary/aromatic N) is 2. The molecule has 18 heavy (non-hydrogen) atoms. The highest BCUT2D eigenvalue weighted by Gasteiger charge is 2.10. The summed E-state index contributed by atoms with van der Waals surface area (Å²) in [5, 5.41) is 0. The van der Waals surface area contributed by atoms with E-state index >= 15 is 0 Å². The molecule has 0 N–H and O–H groups in total. The largest absolute Gasteiger partial charge is 0.305 e. The molecule has 0 aromatic heterocycles. The number of likely N-dealkylation sites (tertiary alicyclic amines) is 1. The molecule has 1 fully saturated rings. The second-order valence-corrected chi connectivity index (χ2v) is 5.44. The van der Waals surface area contributed by atoms with E-state index in [9.17, 15) is 0 Å². The molecule has 1 aromatic rings. The highest BCUT2D eigenvalue weighted by Crippen LogP contribution is 2.08. The summed E-state index contributed by atoms with van der Waals surface area (Å²) in [7, 11) is 2.24. The summed E-state index contributed by atoms with van der Waals surface area (Å²) in [6.45, 7) is 6.23. The second kappa shape index (κ2) is 7.55. The van der Waals surface area contributed by atoms with Gasteiger partial charge in [0.1, 0.15) is 0 Å². The molecule has 1 aliphatic heterocycles. The third-order valence-corrected chi connectivity index (χ3v) is 3.87. The number of hydrogen-bond acceptors (Lipinski definition) is 2. The summed E-state index contributed by atoms with van der Waals surface area (Å²) >= 11 is 0. The van der Waals surface area contributed by atoms with Crippen LogP contribution in [0, 0.1) is 0 Å². The van der Waals surface area contributed by atoms with E-state index in [2.05, 4.69) is 47.2 Å². The molecule has 1 aromatic carbocycles. The maximum atomic E-state index is 2.61. The first kappa shape index (κ1) is 13.6. The Labute approximate surface area is 112 Å². The Kier molecular flexibility index (Phi) is 5.69. The van der Waals surface area contributed by atoms with Crippen molar-refractivity contribution in [3.8, 4) is 0 Å². The first-order valence-corrected chi connectivity index (χ1v) is 7.29. The summed E-state index contributed by atoms with van der Waals surface area (Å²) < 4.78 is 0. The Bertz CT molecular complexity index is 317. The fourth-order valence-corrected chi connectivity index (χ4v) is 2.57. The predicted molar refractivity (Wildman–Crippen MR) is 77.9 cm³/mol.